The van der Waals surface area contributed by atoms with Crippen molar-refractivity contribution >= 4 is 34.5 Å². The highest BCUT2D eigenvalue weighted by Crippen LogP contribution is 2.44. The van der Waals surface area contributed by atoms with Crippen LogP contribution in [0.2, 0.25) is 0 Å². The molecule has 6 heteroatoms. The van der Waals surface area contributed by atoms with Crippen LogP contribution in [-0.4, -0.2) is 22.7 Å². The average Bonchev–Trinajstić information content (AvgIpc) is 3.27. The second-order valence-corrected chi connectivity index (χ2v) is 7.98. The van der Waals surface area contributed by atoms with Crippen LogP contribution >= 0.6 is 23.6 Å². The molecule has 136 valence electrons. The van der Waals surface area contributed by atoms with E-state index in [4.69, 9.17) is 21.7 Å². The highest BCUT2D eigenvalue weighted by molar-refractivity contribution is 7.71. The zero-order chi connectivity index (χ0) is 17.9. The first-order chi connectivity index (χ1) is 12.8. The lowest BCUT2D eigenvalue weighted by molar-refractivity contribution is -0.0230. The summed E-state index contributed by atoms with van der Waals surface area (Å²) in [4.78, 5) is 8.67. The molecule has 1 saturated heterocycles. The normalized spacial score (nSPS) is 22.9. The Hall–Kier alpha value is -1.60. The molecule has 3 aromatic rings. The fourth-order valence-corrected chi connectivity index (χ4v) is 5.03. The van der Waals surface area contributed by atoms with Crippen LogP contribution in [0.3, 0.4) is 0 Å². The summed E-state index contributed by atoms with van der Waals surface area (Å²) in [6, 6.07) is 10.3. The van der Waals surface area contributed by atoms with Gasteiger partial charge in [-0.15, -0.1) is 11.3 Å². The Balaban J connectivity index is 1.45. The molecule has 0 amide bonds. The van der Waals surface area contributed by atoms with Gasteiger partial charge in [0, 0.05) is 10.8 Å². The van der Waals surface area contributed by atoms with Crippen LogP contribution in [0.1, 0.15) is 36.3 Å². The van der Waals surface area contributed by atoms with Crippen molar-refractivity contribution in [1.82, 2.24) is 9.97 Å². The number of thiophene rings is 1. The Morgan fingerprint density at radius 3 is 3.00 bits per heavy atom. The first kappa shape index (κ1) is 17.8. The smallest absolute Gasteiger partial charge is 0.138 e. The van der Waals surface area contributed by atoms with Crippen LogP contribution in [0.25, 0.3) is 10.9 Å². The van der Waals surface area contributed by atoms with Crippen molar-refractivity contribution in [3.63, 3.8) is 0 Å². The van der Waals surface area contributed by atoms with E-state index >= 15 is 0 Å². The quantitative estimate of drug-likeness (QED) is 0.574. The number of hydrogen-bond donors (Lipinski definition) is 1. The SMILES string of the molecule is CCC1C[C@@H](COCc2ccccc2)O[C@H]1c1scc2c(=S)nc[nH]c12. The molecule has 1 aromatic carbocycles. The second-order valence-electron chi connectivity index (χ2n) is 6.68. The fourth-order valence-electron chi connectivity index (χ4n) is 3.60. The van der Waals surface area contributed by atoms with E-state index in [1.54, 1.807) is 17.7 Å². The molecule has 1 fully saturated rings. The van der Waals surface area contributed by atoms with Gasteiger partial charge in [-0.2, -0.15) is 0 Å². The van der Waals surface area contributed by atoms with Crippen LogP contribution in [0.4, 0.5) is 0 Å². The lowest BCUT2D eigenvalue weighted by atomic mass is 9.95. The summed E-state index contributed by atoms with van der Waals surface area (Å²) >= 11 is 7.05. The summed E-state index contributed by atoms with van der Waals surface area (Å²) in [6.07, 6.45) is 4.03. The van der Waals surface area contributed by atoms with Gasteiger partial charge < -0.3 is 14.5 Å². The maximum Gasteiger partial charge on any atom is 0.138 e. The minimum absolute atomic E-state index is 0.0980. The minimum atomic E-state index is 0.0980. The number of benzene rings is 1. The number of nitrogens with zero attached hydrogens (tertiary/aromatic N) is 1. The van der Waals surface area contributed by atoms with Crippen molar-refractivity contribution in [2.75, 3.05) is 6.61 Å². The van der Waals surface area contributed by atoms with E-state index in [2.05, 4.69) is 34.4 Å². The highest BCUT2D eigenvalue weighted by atomic mass is 32.1. The fraction of sp³-hybridized carbons (Fsp3) is 0.400. The van der Waals surface area contributed by atoms with Gasteiger partial charge in [0.05, 0.1) is 42.1 Å². The van der Waals surface area contributed by atoms with Crippen LogP contribution < -0.4 is 0 Å². The Bertz CT molecular complexity index is 922. The van der Waals surface area contributed by atoms with Crippen LogP contribution in [0.15, 0.2) is 42.0 Å². The molecule has 4 rings (SSSR count). The van der Waals surface area contributed by atoms with Crippen molar-refractivity contribution in [3.8, 4) is 0 Å². The molecular formula is C20H22N2O2S2. The van der Waals surface area contributed by atoms with Crippen LogP contribution in [0.5, 0.6) is 0 Å². The number of rotatable bonds is 6. The number of ether oxygens (including phenoxy) is 2. The largest absolute Gasteiger partial charge is 0.374 e. The van der Waals surface area contributed by atoms with E-state index in [-0.39, 0.29) is 12.2 Å². The highest BCUT2D eigenvalue weighted by Gasteiger charge is 2.37. The molecule has 3 heterocycles. The van der Waals surface area contributed by atoms with Crippen molar-refractivity contribution in [3.05, 3.63) is 57.1 Å². The number of hydrogen-bond acceptors (Lipinski definition) is 5. The van der Waals surface area contributed by atoms with E-state index in [0.717, 1.165) is 23.7 Å². The van der Waals surface area contributed by atoms with E-state index < -0.39 is 0 Å². The molecule has 4 nitrogen and oxygen atoms in total. The predicted molar refractivity (Wildman–Crippen MR) is 107 cm³/mol. The van der Waals surface area contributed by atoms with Gasteiger partial charge in [-0.25, -0.2) is 4.98 Å². The Kier molecular flexibility index (Phi) is 5.45. The molecule has 2 aromatic heterocycles. The van der Waals surface area contributed by atoms with Gasteiger partial charge in [0.2, 0.25) is 0 Å². The summed E-state index contributed by atoms with van der Waals surface area (Å²) in [5, 5.41) is 3.11. The summed E-state index contributed by atoms with van der Waals surface area (Å²) in [5.74, 6) is 0.498. The standard InChI is InChI=1S/C20H22N2O2S2/c1-2-14-8-15(10-23-9-13-6-4-3-5-7-13)24-18(14)19-17-16(11-26-19)20(25)22-12-21-17/h3-7,11-12,14-15,18H,2,8-10H2,1H3,(H,21,22,25)/t14?,15-,18+/m0/s1. The molecular weight excluding hydrogens is 364 g/mol. The van der Waals surface area contributed by atoms with E-state index in [1.807, 2.05) is 18.2 Å². The molecule has 26 heavy (non-hydrogen) atoms. The Morgan fingerprint density at radius 1 is 1.35 bits per heavy atom. The predicted octanol–water partition coefficient (Wildman–Crippen LogP) is 5.43. The van der Waals surface area contributed by atoms with E-state index in [9.17, 15) is 0 Å². The minimum Gasteiger partial charge on any atom is -0.374 e. The number of aromatic amines is 1. The van der Waals surface area contributed by atoms with Crippen molar-refractivity contribution < 1.29 is 9.47 Å². The molecule has 0 aliphatic carbocycles. The van der Waals surface area contributed by atoms with Crippen molar-refractivity contribution in [2.24, 2.45) is 5.92 Å². The first-order valence-electron chi connectivity index (χ1n) is 8.98. The monoisotopic (exact) mass is 386 g/mol. The molecule has 1 unspecified atom stereocenters. The van der Waals surface area contributed by atoms with Crippen molar-refractivity contribution in [1.29, 1.82) is 0 Å². The summed E-state index contributed by atoms with van der Waals surface area (Å²) in [7, 11) is 0. The number of nitrogens with one attached hydrogen (secondary N) is 1. The third-order valence-corrected chi connectivity index (χ3v) is 6.34. The topological polar surface area (TPSA) is 47.1 Å². The van der Waals surface area contributed by atoms with Crippen molar-refractivity contribution in [2.45, 2.75) is 38.6 Å². The maximum absolute atomic E-state index is 6.41. The molecule has 0 saturated carbocycles. The Morgan fingerprint density at radius 2 is 2.19 bits per heavy atom. The molecule has 1 N–H and O–H groups in total. The first-order valence-corrected chi connectivity index (χ1v) is 10.3. The number of aromatic nitrogens is 2. The summed E-state index contributed by atoms with van der Waals surface area (Å²) < 4.78 is 13.0. The molecule has 1 aliphatic heterocycles. The van der Waals surface area contributed by atoms with E-state index in [0.29, 0.717) is 23.8 Å². The summed E-state index contributed by atoms with van der Waals surface area (Å²) in [6.45, 7) is 3.49. The Labute approximate surface area is 162 Å². The lowest BCUT2D eigenvalue weighted by Crippen LogP contribution is -2.14. The third-order valence-electron chi connectivity index (χ3n) is 4.97. The number of H-pyrrole nitrogens is 1. The maximum atomic E-state index is 6.41. The van der Waals surface area contributed by atoms with Gasteiger partial charge in [0.1, 0.15) is 4.64 Å². The lowest BCUT2D eigenvalue weighted by Gasteiger charge is -2.16. The zero-order valence-corrected chi connectivity index (χ0v) is 16.3. The molecule has 0 spiro atoms. The summed E-state index contributed by atoms with van der Waals surface area (Å²) in [5.41, 5.74) is 2.27. The third kappa shape index (κ3) is 3.60. The molecule has 0 radical (unpaired) electrons. The van der Waals surface area contributed by atoms with Gasteiger partial charge in [-0.3, -0.25) is 0 Å². The molecule has 1 aliphatic rings. The van der Waals surface area contributed by atoms with Gasteiger partial charge in [0.25, 0.3) is 0 Å². The molecule has 0 bridgehead atoms. The molecule has 3 atom stereocenters. The second kappa shape index (κ2) is 7.96. The number of fused-ring (bicyclic) bond motifs is 1. The van der Waals surface area contributed by atoms with E-state index in [1.165, 1.54) is 10.4 Å². The van der Waals surface area contributed by atoms with Gasteiger partial charge in [0.15, 0.2) is 0 Å². The van der Waals surface area contributed by atoms with Crippen LogP contribution in [-0.2, 0) is 16.1 Å². The average molecular weight is 387 g/mol. The van der Waals surface area contributed by atoms with Crippen LogP contribution in [0, 0.1) is 10.6 Å². The van der Waals surface area contributed by atoms with Gasteiger partial charge in [-0.05, 0) is 17.9 Å². The van der Waals surface area contributed by atoms with Gasteiger partial charge in [-0.1, -0.05) is 55.9 Å². The zero-order valence-electron chi connectivity index (χ0n) is 14.7. The van der Waals surface area contributed by atoms with Gasteiger partial charge >= 0.3 is 0 Å².